The van der Waals surface area contributed by atoms with Crippen molar-refractivity contribution in [2.45, 2.75) is 26.2 Å². The topological polar surface area (TPSA) is 55.4 Å². The molecule has 1 aromatic carbocycles. The Morgan fingerprint density at radius 1 is 1.29 bits per heavy atom. The summed E-state index contributed by atoms with van der Waals surface area (Å²) >= 11 is 7.33. The van der Waals surface area contributed by atoms with Gasteiger partial charge in [0.15, 0.2) is 0 Å². The third kappa shape index (κ3) is 3.32. The van der Waals surface area contributed by atoms with Crippen LogP contribution in [0.3, 0.4) is 0 Å². The highest BCUT2D eigenvalue weighted by Crippen LogP contribution is 2.40. The first-order valence-electron chi connectivity index (χ1n) is 7.79. The molecule has 1 aliphatic carbocycles. The molecule has 0 fully saturated rings. The largest absolute Gasteiger partial charge is 0.465 e. The van der Waals surface area contributed by atoms with Crippen LogP contribution in [0.15, 0.2) is 24.3 Å². The van der Waals surface area contributed by atoms with E-state index in [9.17, 15) is 9.59 Å². The number of carbonyl (C=O) groups excluding carboxylic acids is 2. The van der Waals surface area contributed by atoms with Gasteiger partial charge in [-0.3, -0.25) is 4.79 Å². The molecule has 0 radical (unpaired) electrons. The monoisotopic (exact) mass is 363 g/mol. The van der Waals surface area contributed by atoms with Crippen LogP contribution >= 0.6 is 22.9 Å². The number of methoxy groups -OCH3 is 1. The summed E-state index contributed by atoms with van der Waals surface area (Å²) in [6.45, 7) is 2.20. The second kappa shape index (κ2) is 6.95. The number of halogens is 1. The molecule has 1 N–H and O–H groups in total. The number of esters is 1. The van der Waals surface area contributed by atoms with Gasteiger partial charge in [0.1, 0.15) is 5.00 Å². The Balaban J connectivity index is 1.93. The van der Waals surface area contributed by atoms with Crippen LogP contribution in [0.4, 0.5) is 5.00 Å². The predicted molar refractivity (Wildman–Crippen MR) is 96.3 cm³/mol. The first-order chi connectivity index (χ1) is 11.5. The maximum Gasteiger partial charge on any atom is 0.341 e. The van der Waals surface area contributed by atoms with E-state index in [-0.39, 0.29) is 5.91 Å². The maximum absolute atomic E-state index is 12.5. The van der Waals surface area contributed by atoms with Gasteiger partial charge in [-0.1, -0.05) is 18.5 Å². The van der Waals surface area contributed by atoms with Gasteiger partial charge in [-0.05, 0) is 55.0 Å². The molecule has 2 aromatic rings. The Labute approximate surface area is 149 Å². The quantitative estimate of drug-likeness (QED) is 0.813. The van der Waals surface area contributed by atoms with Crippen molar-refractivity contribution in [1.29, 1.82) is 0 Å². The van der Waals surface area contributed by atoms with Gasteiger partial charge >= 0.3 is 5.97 Å². The number of rotatable bonds is 3. The molecule has 1 heterocycles. The van der Waals surface area contributed by atoms with E-state index in [1.807, 2.05) is 0 Å². The molecule has 0 aliphatic heterocycles. The van der Waals surface area contributed by atoms with Crippen LogP contribution in [0.5, 0.6) is 0 Å². The summed E-state index contributed by atoms with van der Waals surface area (Å²) in [5.41, 5.74) is 2.03. The van der Waals surface area contributed by atoms with Gasteiger partial charge in [-0.25, -0.2) is 4.79 Å². The SMILES string of the molecule is COC(=O)c1c(NC(=O)c2ccc(Cl)cc2)sc2c1CC[C@@H](C)C2. The van der Waals surface area contributed by atoms with E-state index in [1.54, 1.807) is 24.3 Å². The number of thiophene rings is 1. The molecule has 0 unspecified atom stereocenters. The number of anilines is 1. The van der Waals surface area contributed by atoms with E-state index in [2.05, 4.69) is 12.2 Å². The minimum Gasteiger partial charge on any atom is -0.465 e. The van der Waals surface area contributed by atoms with Crippen molar-refractivity contribution in [3.05, 3.63) is 50.9 Å². The maximum atomic E-state index is 12.5. The average Bonchev–Trinajstić information content (AvgIpc) is 2.91. The Hall–Kier alpha value is -1.85. The van der Waals surface area contributed by atoms with Crippen molar-refractivity contribution in [3.8, 4) is 0 Å². The van der Waals surface area contributed by atoms with Gasteiger partial charge in [0, 0.05) is 15.5 Å². The summed E-state index contributed by atoms with van der Waals surface area (Å²) in [6, 6.07) is 6.65. The first-order valence-corrected chi connectivity index (χ1v) is 8.98. The third-order valence-corrected chi connectivity index (χ3v) is 5.66. The van der Waals surface area contributed by atoms with E-state index in [4.69, 9.17) is 16.3 Å². The van der Waals surface area contributed by atoms with Gasteiger partial charge in [-0.15, -0.1) is 11.3 Å². The summed E-state index contributed by atoms with van der Waals surface area (Å²) < 4.78 is 4.93. The number of carbonyl (C=O) groups is 2. The van der Waals surface area contributed by atoms with Gasteiger partial charge in [0.25, 0.3) is 5.91 Å². The molecule has 4 nitrogen and oxygen atoms in total. The molecule has 0 saturated heterocycles. The van der Waals surface area contributed by atoms with E-state index in [1.165, 1.54) is 23.3 Å². The van der Waals surface area contributed by atoms with Crippen LogP contribution in [0.25, 0.3) is 0 Å². The van der Waals surface area contributed by atoms with Crippen molar-refractivity contribution in [2.24, 2.45) is 5.92 Å². The van der Waals surface area contributed by atoms with Crippen LogP contribution in [-0.2, 0) is 17.6 Å². The zero-order chi connectivity index (χ0) is 17.3. The molecule has 1 aliphatic rings. The number of nitrogens with one attached hydrogen (secondary N) is 1. The highest BCUT2D eigenvalue weighted by atomic mass is 35.5. The highest BCUT2D eigenvalue weighted by molar-refractivity contribution is 7.17. The summed E-state index contributed by atoms with van der Waals surface area (Å²) in [4.78, 5) is 25.9. The smallest absolute Gasteiger partial charge is 0.341 e. The predicted octanol–water partition coefficient (Wildman–Crippen LogP) is 4.57. The molecule has 6 heteroatoms. The van der Waals surface area contributed by atoms with E-state index < -0.39 is 5.97 Å². The van der Waals surface area contributed by atoms with Crippen molar-refractivity contribution >= 4 is 39.8 Å². The fourth-order valence-corrected chi connectivity index (χ4v) is 4.45. The first kappa shape index (κ1) is 17.0. The van der Waals surface area contributed by atoms with Crippen LogP contribution in [0, 0.1) is 5.92 Å². The zero-order valence-electron chi connectivity index (χ0n) is 13.5. The van der Waals surface area contributed by atoms with E-state index >= 15 is 0 Å². The van der Waals surface area contributed by atoms with Gasteiger partial charge in [0.05, 0.1) is 12.7 Å². The number of fused-ring (bicyclic) bond motifs is 1. The van der Waals surface area contributed by atoms with Crippen molar-refractivity contribution in [1.82, 2.24) is 0 Å². The molecule has 0 saturated carbocycles. The molecule has 24 heavy (non-hydrogen) atoms. The molecule has 1 atom stereocenters. The average molecular weight is 364 g/mol. The third-order valence-electron chi connectivity index (χ3n) is 4.23. The fourth-order valence-electron chi connectivity index (χ4n) is 2.93. The lowest BCUT2D eigenvalue weighted by molar-refractivity contribution is 0.0601. The lowest BCUT2D eigenvalue weighted by Crippen LogP contribution is -2.16. The minimum absolute atomic E-state index is 0.261. The van der Waals surface area contributed by atoms with Gasteiger partial charge in [0.2, 0.25) is 0 Å². The second-order valence-corrected chi connectivity index (χ2v) is 7.55. The van der Waals surface area contributed by atoms with E-state index in [0.717, 1.165) is 24.8 Å². The number of benzene rings is 1. The number of hydrogen-bond acceptors (Lipinski definition) is 4. The standard InChI is InChI=1S/C18H18ClNO3S/c1-10-3-8-13-14(9-10)24-17(15(13)18(22)23-2)20-16(21)11-4-6-12(19)7-5-11/h4-7,10H,3,8-9H2,1-2H3,(H,20,21)/t10-/m1/s1. The summed E-state index contributed by atoms with van der Waals surface area (Å²) in [6.07, 6.45) is 2.81. The lowest BCUT2D eigenvalue weighted by Gasteiger charge is -2.18. The highest BCUT2D eigenvalue weighted by Gasteiger charge is 2.29. The number of amides is 1. The zero-order valence-corrected chi connectivity index (χ0v) is 15.1. The normalized spacial score (nSPS) is 16.4. The Morgan fingerprint density at radius 2 is 2.00 bits per heavy atom. The minimum atomic E-state index is -0.395. The van der Waals surface area contributed by atoms with Crippen molar-refractivity contribution < 1.29 is 14.3 Å². The van der Waals surface area contributed by atoms with Crippen molar-refractivity contribution in [2.75, 3.05) is 12.4 Å². The van der Waals surface area contributed by atoms with Crippen LogP contribution in [0.1, 0.15) is 44.5 Å². The number of ether oxygens (including phenoxy) is 1. The molecular weight excluding hydrogens is 346 g/mol. The molecule has 1 amide bonds. The molecule has 0 spiro atoms. The summed E-state index contributed by atoms with van der Waals surface area (Å²) in [5.74, 6) is -0.0709. The Bertz CT molecular complexity index is 782. The van der Waals surface area contributed by atoms with Gasteiger partial charge in [-0.2, -0.15) is 0 Å². The summed E-state index contributed by atoms with van der Waals surface area (Å²) in [5, 5.41) is 4.01. The molecular formula is C18H18ClNO3S. The molecule has 1 aromatic heterocycles. The lowest BCUT2D eigenvalue weighted by atomic mass is 9.88. The van der Waals surface area contributed by atoms with Crippen LogP contribution < -0.4 is 5.32 Å². The molecule has 0 bridgehead atoms. The Morgan fingerprint density at radius 3 is 2.67 bits per heavy atom. The Kier molecular flexibility index (Phi) is 4.92. The summed E-state index contributed by atoms with van der Waals surface area (Å²) in [7, 11) is 1.36. The van der Waals surface area contributed by atoms with Gasteiger partial charge < -0.3 is 10.1 Å². The fraction of sp³-hybridized carbons (Fsp3) is 0.333. The molecule has 126 valence electrons. The molecule has 3 rings (SSSR count). The second-order valence-electron chi connectivity index (χ2n) is 6.01. The van der Waals surface area contributed by atoms with Crippen molar-refractivity contribution in [3.63, 3.8) is 0 Å². The van der Waals surface area contributed by atoms with Crippen LogP contribution in [-0.4, -0.2) is 19.0 Å². The van der Waals surface area contributed by atoms with E-state index in [0.29, 0.717) is 27.1 Å². The number of hydrogen-bond donors (Lipinski definition) is 1. The van der Waals surface area contributed by atoms with Crippen LogP contribution in [0.2, 0.25) is 5.02 Å².